The van der Waals surface area contributed by atoms with Gasteiger partial charge < -0.3 is 16.0 Å². The molecule has 0 radical (unpaired) electrons. The fraction of sp³-hybridized carbons (Fsp3) is 0.500. The Bertz CT molecular complexity index is 539. The predicted octanol–water partition coefficient (Wildman–Crippen LogP) is 1.94. The number of carbonyl (C=O) groups excluding carboxylic acids is 1. The fourth-order valence-electron chi connectivity index (χ4n) is 2.45. The smallest absolute Gasteiger partial charge is 0.351 e. The Morgan fingerprint density at radius 1 is 1.27 bits per heavy atom. The summed E-state index contributed by atoms with van der Waals surface area (Å²) in [5.74, 6) is 0. The molecule has 1 aromatic carbocycles. The summed E-state index contributed by atoms with van der Waals surface area (Å²) in [7, 11) is 1.99. The third-order valence-corrected chi connectivity index (χ3v) is 3.67. The lowest BCUT2D eigenvalue weighted by molar-refractivity contribution is -0.138. The van der Waals surface area contributed by atoms with Gasteiger partial charge in [0.15, 0.2) is 0 Å². The molecule has 0 saturated carbocycles. The van der Waals surface area contributed by atoms with Gasteiger partial charge in [-0.3, -0.25) is 4.90 Å². The SMILES string of the molecule is CN1CCN(Cc2ccc(NC(N)=O)cc2C(F)(F)F)CC1. The van der Waals surface area contributed by atoms with E-state index in [1.54, 1.807) is 0 Å². The summed E-state index contributed by atoms with van der Waals surface area (Å²) in [6, 6.07) is 2.87. The third-order valence-electron chi connectivity index (χ3n) is 3.67. The van der Waals surface area contributed by atoms with Gasteiger partial charge in [-0.1, -0.05) is 6.07 Å². The van der Waals surface area contributed by atoms with E-state index in [1.165, 1.54) is 12.1 Å². The van der Waals surface area contributed by atoms with E-state index in [2.05, 4.69) is 10.2 Å². The van der Waals surface area contributed by atoms with Gasteiger partial charge in [-0.05, 0) is 24.7 Å². The van der Waals surface area contributed by atoms with Gasteiger partial charge in [0, 0.05) is 38.4 Å². The first kappa shape index (κ1) is 16.6. The maximum Gasteiger partial charge on any atom is 0.416 e. The van der Waals surface area contributed by atoms with Gasteiger partial charge in [0.25, 0.3) is 0 Å². The van der Waals surface area contributed by atoms with E-state index in [0.717, 1.165) is 32.2 Å². The van der Waals surface area contributed by atoms with Crippen molar-refractivity contribution in [1.29, 1.82) is 0 Å². The van der Waals surface area contributed by atoms with Crippen LogP contribution in [0.3, 0.4) is 0 Å². The van der Waals surface area contributed by atoms with Gasteiger partial charge in [0.05, 0.1) is 5.56 Å². The van der Waals surface area contributed by atoms with Crippen LogP contribution < -0.4 is 11.1 Å². The Morgan fingerprint density at radius 2 is 1.91 bits per heavy atom. The zero-order chi connectivity index (χ0) is 16.3. The molecule has 1 aliphatic rings. The molecule has 1 aromatic rings. The Morgan fingerprint density at radius 3 is 2.45 bits per heavy atom. The fourth-order valence-corrected chi connectivity index (χ4v) is 2.45. The minimum absolute atomic E-state index is 0.0435. The maximum atomic E-state index is 13.2. The van der Waals surface area contributed by atoms with Crippen molar-refractivity contribution in [3.63, 3.8) is 0 Å². The van der Waals surface area contributed by atoms with Gasteiger partial charge in [0.2, 0.25) is 0 Å². The molecular formula is C14H19F3N4O. The highest BCUT2D eigenvalue weighted by atomic mass is 19.4. The topological polar surface area (TPSA) is 61.6 Å². The van der Waals surface area contributed by atoms with E-state index in [0.29, 0.717) is 0 Å². The molecule has 0 atom stereocenters. The number of nitrogens with two attached hydrogens (primary N) is 1. The number of hydrogen-bond donors (Lipinski definition) is 2. The van der Waals surface area contributed by atoms with Gasteiger partial charge in [0.1, 0.15) is 0 Å². The highest BCUT2D eigenvalue weighted by Gasteiger charge is 2.34. The number of carbonyl (C=O) groups is 1. The summed E-state index contributed by atoms with van der Waals surface area (Å²) in [5.41, 5.74) is 4.45. The van der Waals surface area contributed by atoms with Crippen molar-refractivity contribution in [2.24, 2.45) is 5.73 Å². The standard InChI is InChI=1S/C14H19F3N4O/c1-20-4-6-21(7-5-20)9-10-2-3-11(19-13(18)22)8-12(10)14(15,16)17/h2-3,8H,4-7,9H2,1H3,(H3,18,19,22). The summed E-state index contributed by atoms with van der Waals surface area (Å²) < 4.78 is 39.6. The molecule has 0 aromatic heterocycles. The lowest BCUT2D eigenvalue weighted by Gasteiger charge is -2.33. The molecule has 8 heteroatoms. The number of hydrogen-bond acceptors (Lipinski definition) is 3. The van der Waals surface area contributed by atoms with Crippen LogP contribution >= 0.6 is 0 Å². The monoisotopic (exact) mass is 316 g/mol. The zero-order valence-electron chi connectivity index (χ0n) is 12.3. The van der Waals surface area contributed by atoms with Crippen molar-refractivity contribution >= 4 is 11.7 Å². The van der Waals surface area contributed by atoms with Crippen LogP contribution in [0.4, 0.5) is 23.7 Å². The summed E-state index contributed by atoms with van der Waals surface area (Å²) in [6.07, 6.45) is -4.47. The van der Waals surface area contributed by atoms with Crippen LogP contribution in [0.1, 0.15) is 11.1 Å². The Balaban J connectivity index is 2.20. The van der Waals surface area contributed by atoms with Crippen LogP contribution in [-0.4, -0.2) is 49.1 Å². The van der Waals surface area contributed by atoms with Crippen molar-refractivity contribution in [1.82, 2.24) is 9.80 Å². The van der Waals surface area contributed by atoms with Crippen LogP contribution in [0.25, 0.3) is 0 Å². The molecule has 122 valence electrons. The number of anilines is 1. The van der Waals surface area contributed by atoms with Crippen molar-refractivity contribution in [3.8, 4) is 0 Å². The summed E-state index contributed by atoms with van der Waals surface area (Å²) in [4.78, 5) is 14.9. The lowest BCUT2D eigenvalue weighted by Crippen LogP contribution is -2.44. The number of rotatable bonds is 3. The first-order valence-electron chi connectivity index (χ1n) is 6.93. The van der Waals surface area contributed by atoms with Gasteiger partial charge in [-0.15, -0.1) is 0 Å². The third kappa shape index (κ3) is 4.35. The van der Waals surface area contributed by atoms with E-state index in [1.807, 2.05) is 11.9 Å². The molecule has 0 aliphatic carbocycles. The molecule has 0 spiro atoms. The van der Waals surface area contributed by atoms with Crippen LogP contribution in [0.5, 0.6) is 0 Å². The molecule has 1 saturated heterocycles. The normalized spacial score (nSPS) is 17.5. The van der Waals surface area contributed by atoms with Crippen molar-refractivity contribution in [3.05, 3.63) is 29.3 Å². The summed E-state index contributed by atoms with van der Waals surface area (Å²) in [6.45, 7) is 3.37. The number of halogens is 3. The number of nitrogens with one attached hydrogen (secondary N) is 1. The molecule has 2 amide bonds. The number of piperazine rings is 1. The molecule has 0 unspecified atom stereocenters. The Labute approximate surface area is 126 Å². The van der Waals surface area contributed by atoms with Crippen LogP contribution in [0.2, 0.25) is 0 Å². The molecule has 5 nitrogen and oxygen atoms in total. The lowest BCUT2D eigenvalue weighted by atomic mass is 10.0. The maximum absolute atomic E-state index is 13.2. The average Bonchev–Trinajstić information content (AvgIpc) is 2.41. The quantitative estimate of drug-likeness (QED) is 0.896. The molecular weight excluding hydrogens is 297 g/mol. The van der Waals surface area contributed by atoms with Gasteiger partial charge in [-0.2, -0.15) is 13.2 Å². The number of nitrogens with zero attached hydrogens (tertiary/aromatic N) is 2. The van der Waals surface area contributed by atoms with Crippen LogP contribution in [0, 0.1) is 0 Å². The average molecular weight is 316 g/mol. The van der Waals surface area contributed by atoms with Crippen molar-refractivity contribution < 1.29 is 18.0 Å². The minimum Gasteiger partial charge on any atom is -0.351 e. The zero-order valence-corrected chi connectivity index (χ0v) is 12.3. The molecule has 3 N–H and O–H groups in total. The van der Waals surface area contributed by atoms with E-state index in [-0.39, 0.29) is 17.8 Å². The number of likely N-dealkylation sites (N-methyl/N-ethyl adjacent to an activating group) is 1. The van der Waals surface area contributed by atoms with Crippen molar-refractivity contribution in [2.45, 2.75) is 12.7 Å². The van der Waals surface area contributed by atoms with Gasteiger partial charge >= 0.3 is 12.2 Å². The number of urea groups is 1. The highest BCUT2D eigenvalue weighted by Crippen LogP contribution is 2.34. The second kappa shape index (κ2) is 6.53. The first-order valence-corrected chi connectivity index (χ1v) is 6.93. The molecule has 22 heavy (non-hydrogen) atoms. The summed E-state index contributed by atoms with van der Waals surface area (Å²) >= 11 is 0. The van der Waals surface area contributed by atoms with Crippen molar-refractivity contribution in [2.75, 3.05) is 38.5 Å². The number of amides is 2. The van der Waals surface area contributed by atoms with E-state index < -0.39 is 17.8 Å². The molecule has 1 heterocycles. The van der Waals surface area contributed by atoms with Crippen LogP contribution in [-0.2, 0) is 12.7 Å². The van der Waals surface area contributed by atoms with E-state index in [4.69, 9.17) is 5.73 Å². The predicted molar refractivity (Wildman–Crippen MR) is 77.4 cm³/mol. The molecule has 1 aliphatic heterocycles. The first-order chi connectivity index (χ1) is 10.3. The molecule has 1 fully saturated rings. The summed E-state index contributed by atoms with van der Waals surface area (Å²) in [5, 5.41) is 2.17. The van der Waals surface area contributed by atoms with E-state index >= 15 is 0 Å². The Kier molecular flexibility index (Phi) is 4.92. The largest absolute Gasteiger partial charge is 0.416 e. The van der Waals surface area contributed by atoms with Gasteiger partial charge in [-0.25, -0.2) is 4.79 Å². The number of primary amides is 1. The highest BCUT2D eigenvalue weighted by molar-refractivity contribution is 5.87. The number of alkyl halides is 3. The molecule has 2 rings (SSSR count). The second-order valence-corrected chi connectivity index (χ2v) is 5.44. The van der Waals surface area contributed by atoms with Crippen LogP contribution in [0.15, 0.2) is 18.2 Å². The minimum atomic E-state index is -4.47. The van der Waals surface area contributed by atoms with E-state index in [9.17, 15) is 18.0 Å². The Hall–Kier alpha value is -1.80. The second-order valence-electron chi connectivity index (χ2n) is 5.44. The number of benzene rings is 1. The molecule has 0 bridgehead atoms.